The Hall–Kier alpha value is -0.500. The van der Waals surface area contributed by atoms with Gasteiger partial charge in [0, 0.05) is 36.8 Å². The molecule has 1 aliphatic rings. The molecule has 1 saturated carbocycles. The number of thioether (sulfide) groups is 1. The van der Waals surface area contributed by atoms with E-state index in [1.54, 1.807) is 24.0 Å². The smallest absolute Gasteiger partial charge is 0.242 e. The third-order valence-corrected chi connectivity index (χ3v) is 6.69. The molecule has 0 aliphatic heterocycles. The summed E-state index contributed by atoms with van der Waals surface area (Å²) in [5.41, 5.74) is 0.961. The first kappa shape index (κ1) is 16.9. The van der Waals surface area contributed by atoms with Crippen LogP contribution in [0.4, 0.5) is 0 Å². The maximum atomic E-state index is 12.6. The zero-order valence-corrected chi connectivity index (χ0v) is 14.6. The molecule has 7 heteroatoms. The van der Waals surface area contributed by atoms with E-state index >= 15 is 0 Å². The van der Waals surface area contributed by atoms with Gasteiger partial charge in [-0.1, -0.05) is 12.8 Å². The summed E-state index contributed by atoms with van der Waals surface area (Å²) in [6, 6.07) is 1.79. The maximum absolute atomic E-state index is 12.6. The van der Waals surface area contributed by atoms with Crippen LogP contribution in [0.15, 0.2) is 17.2 Å². The van der Waals surface area contributed by atoms with Crippen LogP contribution in [0.2, 0.25) is 0 Å². The first-order valence-corrected chi connectivity index (χ1v) is 10.1. The molecule has 1 aliphatic carbocycles. The van der Waals surface area contributed by atoms with E-state index < -0.39 is 10.0 Å². The lowest BCUT2D eigenvalue weighted by molar-refractivity contribution is 0.423. The first-order chi connectivity index (χ1) is 9.97. The second kappa shape index (κ2) is 7.17. The summed E-state index contributed by atoms with van der Waals surface area (Å²) in [5, 5.41) is 3.43. The van der Waals surface area contributed by atoms with Crippen molar-refractivity contribution >= 4 is 21.8 Å². The molecule has 2 N–H and O–H groups in total. The van der Waals surface area contributed by atoms with Gasteiger partial charge in [0.05, 0.1) is 4.90 Å². The predicted molar refractivity (Wildman–Crippen MR) is 88.1 cm³/mol. The highest BCUT2D eigenvalue weighted by molar-refractivity contribution is 7.99. The third kappa shape index (κ3) is 4.03. The molecule has 1 heterocycles. The van der Waals surface area contributed by atoms with E-state index in [2.05, 4.69) is 16.3 Å². The van der Waals surface area contributed by atoms with Crippen molar-refractivity contribution < 1.29 is 8.42 Å². The van der Waals surface area contributed by atoms with Crippen LogP contribution < -0.4 is 10.0 Å². The summed E-state index contributed by atoms with van der Waals surface area (Å²) in [5.74, 6) is 0. The van der Waals surface area contributed by atoms with Gasteiger partial charge in [-0.3, -0.25) is 0 Å². The molecule has 5 nitrogen and oxygen atoms in total. The van der Waals surface area contributed by atoms with Gasteiger partial charge >= 0.3 is 0 Å². The van der Waals surface area contributed by atoms with E-state index in [1.807, 2.05) is 18.7 Å². The number of hydrogen-bond donors (Lipinski definition) is 2. The molecular weight excluding hydrogens is 306 g/mol. The molecule has 2 atom stereocenters. The number of nitrogens with zero attached hydrogens (tertiary/aromatic N) is 1. The van der Waals surface area contributed by atoms with E-state index in [0.29, 0.717) is 16.7 Å². The Labute approximate surface area is 131 Å². The number of hydrogen-bond acceptors (Lipinski definition) is 4. The normalized spacial score (nSPS) is 23.4. The van der Waals surface area contributed by atoms with Crippen molar-refractivity contribution in [1.82, 2.24) is 14.6 Å². The summed E-state index contributed by atoms with van der Waals surface area (Å²) in [4.78, 5) is 0.362. The molecule has 2 unspecified atom stereocenters. The summed E-state index contributed by atoms with van der Waals surface area (Å²) < 4.78 is 29.9. The standard InChI is InChI=1S/C14H25N3O2S2/c1-15-9-11-8-12(10-17(11)2)21(18,19)16-13-6-4-5-7-14(13)20-3/h8,10,13-16H,4-7,9H2,1-3H3. The van der Waals surface area contributed by atoms with Crippen LogP contribution in [0.3, 0.4) is 0 Å². The molecule has 0 radical (unpaired) electrons. The lowest BCUT2D eigenvalue weighted by Gasteiger charge is -2.30. The molecule has 0 spiro atoms. The number of aromatic nitrogens is 1. The Morgan fingerprint density at radius 3 is 2.76 bits per heavy atom. The minimum Gasteiger partial charge on any atom is -0.352 e. The highest BCUT2D eigenvalue weighted by atomic mass is 32.2. The number of nitrogens with one attached hydrogen (secondary N) is 2. The molecule has 1 aromatic heterocycles. The molecule has 1 fully saturated rings. The van der Waals surface area contributed by atoms with Gasteiger partial charge in [0.15, 0.2) is 0 Å². The van der Waals surface area contributed by atoms with Gasteiger partial charge in [0.25, 0.3) is 0 Å². The fourth-order valence-electron chi connectivity index (χ4n) is 2.86. The second-order valence-electron chi connectivity index (χ2n) is 5.59. The van der Waals surface area contributed by atoms with Gasteiger partial charge in [-0.15, -0.1) is 0 Å². The van der Waals surface area contributed by atoms with Crippen molar-refractivity contribution in [3.8, 4) is 0 Å². The summed E-state index contributed by atoms with van der Waals surface area (Å²) in [7, 11) is 0.289. The summed E-state index contributed by atoms with van der Waals surface area (Å²) >= 11 is 1.76. The molecule has 0 saturated heterocycles. The second-order valence-corrected chi connectivity index (χ2v) is 8.39. The lowest BCUT2D eigenvalue weighted by Crippen LogP contribution is -2.43. The van der Waals surface area contributed by atoms with Crippen molar-refractivity contribution in [2.24, 2.45) is 7.05 Å². The van der Waals surface area contributed by atoms with Crippen LogP contribution in [0.5, 0.6) is 0 Å². The van der Waals surface area contributed by atoms with Crippen LogP contribution in [-0.4, -0.2) is 37.6 Å². The topological polar surface area (TPSA) is 63.1 Å². The zero-order valence-electron chi connectivity index (χ0n) is 12.9. The summed E-state index contributed by atoms with van der Waals surface area (Å²) in [6.45, 7) is 0.656. The maximum Gasteiger partial charge on any atom is 0.242 e. The van der Waals surface area contributed by atoms with Crippen LogP contribution in [-0.2, 0) is 23.6 Å². The largest absolute Gasteiger partial charge is 0.352 e. The highest BCUT2D eigenvalue weighted by Crippen LogP contribution is 2.28. The van der Waals surface area contributed by atoms with Gasteiger partial charge in [0.1, 0.15) is 0 Å². The highest BCUT2D eigenvalue weighted by Gasteiger charge is 2.29. The van der Waals surface area contributed by atoms with E-state index in [9.17, 15) is 8.42 Å². The van der Waals surface area contributed by atoms with Gasteiger partial charge in [-0.2, -0.15) is 11.8 Å². The zero-order chi connectivity index (χ0) is 15.5. The number of rotatable bonds is 6. The van der Waals surface area contributed by atoms with Gasteiger partial charge in [-0.05, 0) is 32.2 Å². The van der Waals surface area contributed by atoms with Crippen molar-refractivity contribution in [3.63, 3.8) is 0 Å². The molecular formula is C14H25N3O2S2. The number of aryl methyl sites for hydroxylation is 1. The minimum atomic E-state index is -3.43. The SMILES string of the molecule is CNCc1cc(S(=O)(=O)NC2CCCCC2SC)cn1C. The Morgan fingerprint density at radius 2 is 2.10 bits per heavy atom. The van der Waals surface area contributed by atoms with Crippen molar-refractivity contribution in [1.29, 1.82) is 0 Å². The predicted octanol–water partition coefficient (Wildman–Crippen LogP) is 1.70. The van der Waals surface area contributed by atoms with Gasteiger partial charge in [-0.25, -0.2) is 13.1 Å². The molecule has 2 rings (SSSR count). The fourth-order valence-corrected chi connectivity index (χ4v) is 5.29. The Balaban J connectivity index is 2.15. The van der Waals surface area contributed by atoms with E-state index in [0.717, 1.165) is 25.0 Å². The van der Waals surface area contributed by atoms with Crippen molar-refractivity contribution in [2.45, 2.75) is 48.4 Å². The fraction of sp³-hybridized carbons (Fsp3) is 0.714. The van der Waals surface area contributed by atoms with Crippen LogP contribution in [0, 0.1) is 0 Å². The van der Waals surface area contributed by atoms with E-state index in [-0.39, 0.29) is 6.04 Å². The van der Waals surface area contributed by atoms with Crippen LogP contribution in [0.25, 0.3) is 0 Å². The first-order valence-electron chi connectivity index (χ1n) is 7.33. The quantitative estimate of drug-likeness (QED) is 0.833. The van der Waals surface area contributed by atoms with Gasteiger partial charge in [0.2, 0.25) is 10.0 Å². The Kier molecular flexibility index (Phi) is 5.76. The molecule has 21 heavy (non-hydrogen) atoms. The van der Waals surface area contributed by atoms with E-state index in [1.165, 1.54) is 6.42 Å². The third-order valence-electron chi connectivity index (χ3n) is 4.06. The Bertz CT molecular complexity index is 569. The molecule has 0 amide bonds. The molecule has 0 bridgehead atoms. The minimum absolute atomic E-state index is 0.0479. The van der Waals surface area contributed by atoms with E-state index in [4.69, 9.17) is 0 Å². The van der Waals surface area contributed by atoms with Crippen LogP contribution >= 0.6 is 11.8 Å². The average Bonchev–Trinajstić information content (AvgIpc) is 2.82. The van der Waals surface area contributed by atoms with Gasteiger partial charge < -0.3 is 9.88 Å². The Morgan fingerprint density at radius 1 is 1.38 bits per heavy atom. The van der Waals surface area contributed by atoms with Crippen molar-refractivity contribution in [3.05, 3.63) is 18.0 Å². The van der Waals surface area contributed by atoms with Crippen molar-refractivity contribution in [2.75, 3.05) is 13.3 Å². The summed E-state index contributed by atoms with van der Waals surface area (Å²) in [6.07, 6.45) is 8.07. The van der Waals surface area contributed by atoms with Crippen LogP contribution in [0.1, 0.15) is 31.4 Å². The lowest BCUT2D eigenvalue weighted by atomic mass is 9.96. The molecule has 120 valence electrons. The molecule has 0 aromatic carbocycles. The number of sulfonamides is 1. The molecule has 1 aromatic rings. The monoisotopic (exact) mass is 331 g/mol. The average molecular weight is 332 g/mol.